The van der Waals surface area contributed by atoms with Gasteiger partial charge in [-0.2, -0.15) is 0 Å². The van der Waals surface area contributed by atoms with Crippen LogP contribution in [0.2, 0.25) is 0 Å². The predicted octanol–water partition coefficient (Wildman–Crippen LogP) is 4.74. The number of benzene rings is 1. The second kappa shape index (κ2) is 7.74. The van der Waals surface area contributed by atoms with Gasteiger partial charge < -0.3 is 10.1 Å². The molecule has 1 heterocycles. The van der Waals surface area contributed by atoms with E-state index < -0.39 is 4.75 Å². The number of amides is 1. The number of aromatic amines is 1. The zero-order valence-electron chi connectivity index (χ0n) is 15.6. The summed E-state index contributed by atoms with van der Waals surface area (Å²) < 4.78 is -0.493. The quantitative estimate of drug-likeness (QED) is 0.683. The standard InChI is InChI=1S/C20H27N3O2S/c1-4-16-17(13-9-11-14(24)12-10-13)22-19(21-16)23-18(25)20(2,3)26-15-7-5-6-8-15/h9-12,15,24H,4-8H2,1-3H3,(H2,21,22,23,25). The molecule has 1 fully saturated rings. The molecule has 0 radical (unpaired) electrons. The van der Waals surface area contributed by atoms with E-state index in [-0.39, 0.29) is 11.7 Å². The number of hydrogen-bond acceptors (Lipinski definition) is 4. The van der Waals surface area contributed by atoms with Gasteiger partial charge in [-0.05, 0) is 57.4 Å². The molecule has 0 unspecified atom stereocenters. The number of nitrogens with one attached hydrogen (secondary N) is 2. The highest BCUT2D eigenvalue weighted by Gasteiger charge is 2.33. The summed E-state index contributed by atoms with van der Waals surface area (Å²) in [4.78, 5) is 20.6. The van der Waals surface area contributed by atoms with E-state index in [9.17, 15) is 9.90 Å². The molecule has 0 atom stereocenters. The number of carbonyl (C=O) groups excluding carboxylic acids is 1. The summed E-state index contributed by atoms with van der Waals surface area (Å²) in [7, 11) is 0. The van der Waals surface area contributed by atoms with E-state index >= 15 is 0 Å². The number of rotatable bonds is 6. The van der Waals surface area contributed by atoms with Crippen LogP contribution in [0.25, 0.3) is 11.3 Å². The lowest BCUT2D eigenvalue weighted by Gasteiger charge is -2.25. The molecular weight excluding hydrogens is 346 g/mol. The van der Waals surface area contributed by atoms with E-state index in [0.29, 0.717) is 11.2 Å². The highest BCUT2D eigenvalue weighted by atomic mass is 32.2. The molecule has 0 bridgehead atoms. The Kier molecular flexibility index (Phi) is 5.61. The number of thioether (sulfide) groups is 1. The summed E-state index contributed by atoms with van der Waals surface area (Å²) in [6, 6.07) is 6.94. The van der Waals surface area contributed by atoms with Crippen LogP contribution in [0.5, 0.6) is 5.75 Å². The molecule has 1 aromatic carbocycles. The molecule has 5 nitrogen and oxygen atoms in total. The number of phenols is 1. The fourth-order valence-electron chi connectivity index (χ4n) is 3.32. The molecular formula is C20H27N3O2S. The molecule has 1 amide bonds. The Balaban J connectivity index is 1.75. The molecule has 1 aliphatic rings. The zero-order chi connectivity index (χ0) is 18.7. The minimum atomic E-state index is -0.493. The molecule has 0 saturated heterocycles. The molecule has 3 N–H and O–H groups in total. The van der Waals surface area contributed by atoms with Gasteiger partial charge in [0.25, 0.3) is 0 Å². The number of aromatic nitrogens is 2. The van der Waals surface area contributed by atoms with Crippen LogP contribution in [0, 0.1) is 0 Å². The Morgan fingerprint density at radius 2 is 1.96 bits per heavy atom. The first kappa shape index (κ1) is 18.8. The Bertz CT molecular complexity index is 762. The van der Waals surface area contributed by atoms with Gasteiger partial charge in [0.1, 0.15) is 5.75 Å². The van der Waals surface area contributed by atoms with Crippen LogP contribution in [0.1, 0.15) is 52.1 Å². The van der Waals surface area contributed by atoms with Gasteiger partial charge in [0.2, 0.25) is 11.9 Å². The summed E-state index contributed by atoms with van der Waals surface area (Å²) in [6.07, 6.45) is 5.71. The lowest BCUT2D eigenvalue weighted by Crippen LogP contribution is -2.36. The maximum atomic E-state index is 12.8. The predicted molar refractivity (Wildman–Crippen MR) is 108 cm³/mol. The van der Waals surface area contributed by atoms with Crippen LogP contribution in [0.4, 0.5) is 5.95 Å². The van der Waals surface area contributed by atoms with Crippen molar-refractivity contribution in [2.45, 2.75) is 62.9 Å². The van der Waals surface area contributed by atoms with Crippen LogP contribution in [0.3, 0.4) is 0 Å². The maximum absolute atomic E-state index is 12.8. The lowest BCUT2D eigenvalue weighted by molar-refractivity contribution is -0.117. The Morgan fingerprint density at radius 3 is 2.58 bits per heavy atom. The van der Waals surface area contributed by atoms with Gasteiger partial charge in [0.15, 0.2) is 0 Å². The highest BCUT2D eigenvalue weighted by Crippen LogP contribution is 2.38. The average molecular weight is 374 g/mol. The van der Waals surface area contributed by atoms with Crippen LogP contribution < -0.4 is 5.32 Å². The number of anilines is 1. The smallest absolute Gasteiger partial charge is 0.242 e. The van der Waals surface area contributed by atoms with Gasteiger partial charge in [-0.15, -0.1) is 11.8 Å². The van der Waals surface area contributed by atoms with E-state index in [0.717, 1.165) is 23.4 Å². The Labute approximate surface area is 159 Å². The first-order valence-electron chi connectivity index (χ1n) is 9.26. The van der Waals surface area contributed by atoms with Crippen molar-refractivity contribution in [3.8, 4) is 17.0 Å². The minimum absolute atomic E-state index is 0.0249. The Hall–Kier alpha value is -1.95. The van der Waals surface area contributed by atoms with Gasteiger partial charge in [0, 0.05) is 16.5 Å². The SMILES string of the molecule is CCc1[nH]c(NC(=O)C(C)(C)SC2CCCC2)nc1-c1ccc(O)cc1. The molecule has 1 aliphatic carbocycles. The number of carbonyl (C=O) groups is 1. The van der Waals surface area contributed by atoms with Crippen LogP contribution in [-0.2, 0) is 11.2 Å². The van der Waals surface area contributed by atoms with Gasteiger partial charge in [-0.1, -0.05) is 19.8 Å². The third kappa shape index (κ3) is 4.23. The highest BCUT2D eigenvalue weighted by molar-refractivity contribution is 8.02. The fourth-order valence-corrected chi connectivity index (χ4v) is 4.88. The number of phenolic OH excluding ortho intramolecular Hbond substituents is 1. The van der Waals surface area contributed by atoms with Crippen molar-refractivity contribution in [1.82, 2.24) is 9.97 Å². The number of imidazole rings is 1. The molecule has 26 heavy (non-hydrogen) atoms. The van der Waals surface area contributed by atoms with Gasteiger partial charge in [0.05, 0.1) is 10.4 Å². The van der Waals surface area contributed by atoms with Gasteiger partial charge >= 0.3 is 0 Å². The molecule has 2 aromatic rings. The van der Waals surface area contributed by atoms with E-state index in [1.165, 1.54) is 25.7 Å². The van der Waals surface area contributed by atoms with Crippen molar-refractivity contribution in [3.05, 3.63) is 30.0 Å². The third-order valence-corrected chi connectivity index (χ3v) is 6.39. The number of aromatic hydroxyl groups is 1. The normalized spacial score (nSPS) is 15.3. The molecule has 0 aliphatic heterocycles. The number of H-pyrrole nitrogens is 1. The molecule has 140 valence electrons. The number of nitrogens with zero attached hydrogens (tertiary/aromatic N) is 1. The minimum Gasteiger partial charge on any atom is -0.508 e. The number of aryl methyl sites for hydroxylation is 1. The summed E-state index contributed by atoms with van der Waals surface area (Å²) in [5, 5.41) is 13.0. The Morgan fingerprint density at radius 1 is 1.31 bits per heavy atom. The van der Waals surface area contributed by atoms with Crippen molar-refractivity contribution in [2.75, 3.05) is 5.32 Å². The molecule has 1 saturated carbocycles. The first-order valence-corrected chi connectivity index (χ1v) is 10.1. The van der Waals surface area contributed by atoms with Gasteiger partial charge in [-0.25, -0.2) is 4.98 Å². The molecule has 1 aromatic heterocycles. The fraction of sp³-hybridized carbons (Fsp3) is 0.500. The summed E-state index contributed by atoms with van der Waals surface area (Å²) in [5.41, 5.74) is 2.69. The summed E-state index contributed by atoms with van der Waals surface area (Å²) in [5.74, 6) is 0.680. The monoisotopic (exact) mass is 373 g/mol. The van der Waals surface area contributed by atoms with E-state index in [1.807, 2.05) is 32.9 Å². The molecule has 3 rings (SSSR count). The molecule has 0 spiro atoms. The lowest BCUT2D eigenvalue weighted by atomic mass is 10.1. The summed E-state index contributed by atoms with van der Waals surface area (Å²) >= 11 is 1.77. The largest absolute Gasteiger partial charge is 0.508 e. The van der Waals surface area contributed by atoms with Crippen LogP contribution in [-0.4, -0.2) is 31.0 Å². The third-order valence-electron chi connectivity index (χ3n) is 4.82. The van der Waals surface area contributed by atoms with Crippen LogP contribution >= 0.6 is 11.8 Å². The van der Waals surface area contributed by atoms with Crippen molar-refractivity contribution in [1.29, 1.82) is 0 Å². The van der Waals surface area contributed by atoms with Crippen molar-refractivity contribution in [3.63, 3.8) is 0 Å². The second-order valence-corrected chi connectivity index (χ2v) is 9.22. The topological polar surface area (TPSA) is 78.0 Å². The van der Waals surface area contributed by atoms with Crippen molar-refractivity contribution in [2.24, 2.45) is 0 Å². The maximum Gasteiger partial charge on any atom is 0.242 e. The zero-order valence-corrected chi connectivity index (χ0v) is 16.4. The van der Waals surface area contributed by atoms with E-state index in [2.05, 4.69) is 15.3 Å². The first-order chi connectivity index (χ1) is 12.4. The summed E-state index contributed by atoms with van der Waals surface area (Å²) in [6.45, 7) is 6.01. The van der Waals surface area contributed by atoms with E-state index in [4.69, 9.17) is 0 Å². The van der Waals surface area contributed by atoms with Gasteiger partial charge in [-0.3, -0.25) is 10.1 Å². The van der Waals surface area contributed by atoms with E-state index in [1.54, 1.807) is 23.9 Å². The second-order valence-electron chi connectivity index (χ2n) is 7.30. The molecule has 6 heteroatoms. The average Bonchev–Trinajstić information content (AvgIpc) is 3.24. The van der Waals surface area contributed by atoms with Crippen molar-refractivity contribution >= 4 is 23.6 Å². The van der Waals surface area contributed by atoms with Crippen LogP contribution in [0.15, 0.2) is 24.3 Å². The van der Waals surface area contributed by atoms with Crippen molar-refractivity contribution < 1.29 is 9.90 Å². The number of hydrogen-bond donors (Lipinski definition) is 3.